The van der Waals surface area contributed by atoms with E-state index in [9.17, 15) is 14.9 Å². The van der Waals surface area contributed by atoms with Gasteiger partial charge in [-0.15, -0.1) is 0 Å². The molecule has 2 unspecified atom stereocenters. The number of carbonyl (C=O) groups excluding carboxylic acids is 1. The normalized spacial score (nSPS) is 22.0. The van der Waals surface area contributed by atoms with Crippen molar-refractivity contribution in [2.45, 2.75) is 19.4 Å². The van der Waals surface area contributed by atoms with Crippen molar-refractivity contribution in [2.24, 2.45) is 5.92 Å². The first-order valence-corrected chi connectivity index (χ1v) is 5.61. The van der Waals surface area contributed by atoms with Crippen LogP contribution in [0.2, 0.25) is 5.02 Å². The molecular weight excluding hydrogens is 244 g/mol. The SMILES string of the molecule is CC1CC1NC(=O)c1cc(Cl)ccc1[N+](=O)[O-]. The van der Waals surface area contributed by atoms with Crippen molar-refractivity contribution < 1.29 is 9.72 Å². The molecule has 0 spiro atoms. The van der Waals surface area contributed by atoms with Crippen LogP contribution in [0.15, 0.2) is 18.2 Å². The molecule has 90 valence electrons. The van der Waals surface area contributed by atoms with Gasteiger partial charge < -0.3 is 5.32 Å². The van der Waals surface area contributed by atoms with Gasteiger partial charge in [0.25, 0.3) is 11.6 Å². The van der Waals surface area contributed by atoms with Gasteiger partial charge >= 0.3 is 0 Å². The zero-order valence-corrected chi connectivity index (χ0v) is 9.90. The predicted octanol–water partition coefficient (Wildman–Crippen LogP) is 2.39. The molecule has 0 saturated heterocycles. The van der Waals surface area contributed by atoms with Gasteiger partial charge in [-0.2, -0.15) is 0 Å². The van der Waals surface area contributed by atoms with Crippen LogP contribution in [-0.2, 0) is 0 Å². The zero-order chi connectivity index (χ0) is 12.6. The van der Waals surface area contributed by atoms with E-state index in [1.54, 1.807) is 0 Å². The van der Waals surface area contributed by atoms with Gasteiger partial charge in [-0.25, -0.2) is 0 Å². The first-order valence-electron chi connectivity index (χ1n) is 5.24. The van der Waals surface area contributed by atoms with Gasteiger partial charge in [-0.05, 0) is 24.5 Å². The molecule has 6 heteroatoms. The average molecular weight is 255 g/mol. The van der Waals surface area contributed by atoms with Gasteiger partial charge in [0.15, 0.2) is 0 Å². The molecule has 1 amide bonds. The summed E-state index contributed by atoms with van der Waals surface area (Å²) in [5.74, 6) is 0.00532. The van der Waals surface area contributed by atoms with Gasteiger partial charge in [0, 0.05) is 17.1 Å². The van der Waals surface area contributed by atoms with Crippen LogP contribution in [0.5, 0.6) is 0 Å². The first-order chi connectivity index (χ1) is 7.99. The topological polar surface area (TPSA) is 72.2 Å². The Morgan fingerprint density at radius 1 is 1.59 bits per heavy atom. The molecule has 2 rings (SSSR count). The van der Waals surface area contributed by atoms with Crippen molar-refractivity contribution in [1.29, 1.82) is 0 Å². The zero-order valence-electron chi connectivity index (χ0n) is 9.14. The summed E-state index contributed by atoms with van der Waals surface area (Å²) >= 11 is 5.74. The number of rotatable bonds is 3. The number of hydrogen-bond acceptors (Lipinski definition) is 3. The highest BCUT2D eigenvalue weighted by atomic mass is 35.5. The second kappa shape index (κ2) is 4.33. The molecule has 0 radical (unpaired) electrons. The van der Waals surface area contributed by atoms with Gasteiger partial charge in [-0.1, -0.05) is 18.5 Å². The lowest BCUT2D eigenvalue weighted by atomic mass is 10.1. The Hall–Kier alpha value is -1.62. The Balaban J connectivity index is 2.26. The number of amides is 1. The fourth-order valence-corrected chi connectivity index (χ4v) is 1.79. The standard InChI is InChI=1S/C11H11ClN2O3/c1-6-4-9(6)13-11(15)8-5-7(12)2-3-10(8)14(16)17/h2-3,5-6,9H,4H2,1H3,(H,13,15). The van der Waals surface area contributed by atoms with Crippen molar-refractivity contribution in [3.63, 3.8) is 0 Å². The maximum atomic E-state index is 11.8. The van der Waals surface area contributed by atoms with Gasteiger partial charge in [0.2, 0.25) is 0 Å². The lowest BCUT2D eigenvalue weighted by Gasteiger charge is -2.05. The lowest BCUT2D eigenvalue weighted by molar-refractivity contribution is -0.385. The van der Waals surface area contributed by atoms with Crippen LogP contribution in [0.1, 0.15) is 23.7 Å². The van der Waals surface area contributed by atoms with E-state index in [-0.39, 0.29) is 17.3 Å². The van der Waals surface area contributed by atoms with Gasteiger partial charge in [0.05, 0.1) is 4.92 Å². The second-order valence-electron chi connectivity index (χ2n) is 4.21. The van der Waals surface area contributed by atoms with E-state index >= 15 is 0 Å². The number of nitrogens with zero attached hydrogens (tertiary/aromatic N) is 1. The fourth-order valence-electron chi connectivity index (χ4n) is 1.62. The summed E-state index contributed by atoms with van der Waals surface area (Å²) in [6.45, 7) is 2.01. The summed E-state index contributed by atoms with van der Waals surface area (Å²) in [5, 5.41) is 13.8. The molecule has 17 heavy (non-hydrogen) atoms. The van der Waals surface area contributed by atoms with Crippen molar-refractivity contribution in [3.8, 4) is 0 Å². The molecule has 1 aliphatic carbocycles. The Kier molecular flexibility index (Phi) is 3.02. The minimum absolute atomic E-state index is 0.0154. The molecule has 0 aliphatic heterocycles. The maximum Gasteiger partial charge on any atom is 0.282 e. The summed E-state index contributed by atoms with van der Waals surface area (Å²) in [6, 6.07) is 4.09. The Morgan fingerprint density at radius 3 is 2.76 bits per heavy atom. The van der Waals surface area contributed by atoms with Crippen molar-refractivity contribution >= 4 is 23.2 Å². The smallest absolute Gasteiger partial charge is 0.282 e. The number of hydrogen-bond donors (Lipinski definition) is 1. The van der Waals surface area contributed by atoms with Crippen LogP contribution in [0.4, 0.5) is 5.69 Å². The Morgan fingerprint density at radius 2 is 2.24 bits per heavy atom. The number of nitro groups is 1. The molecule has 2 atom stereocenters. The minimum atomic E-state index is -0.582. The third kappa shape index (κ3) is 2.55. The van der Waals surface area contributed by atoms with E-state index in [0.717, 1.165) is 6.42 Å². The highest BCUT2D eigenvalue weighted by Crippen LogP contribution is 2.30. The molecule has 1 aromatic carbocycles. The molecular formula is C11H11ClN2O3. The number of benzene rings is 1. The Labute approximate surface area is 103 Å². The summed E-state index contributed by atoms with van der Waals surface area (Å²) < 4.78 is 0. The minimum Gasteiger partial charge on any atom is -0.349 e. The number of halogens is 1. The van der Waals surface area contributed by atoms with E-state index in [1.165, 1.54) is 18.2 Å². The van der Waals surface area contributed by atoms with Gasteiger partial charge in [-0.3, -0.25) is 14.9 Å². The fraction of sp³-hybridized carbons (Fsp3) is 0.364. The third-order valence-corrected chi connectivity index (χ3v) is 3.06. The quantitative estimate of drug-likeness (QED) is 0.665. The van der Waals surface area contributed by atoms with Crippen molar-refractivity contribution in [1.82, 2.24) is 5.32 Å². The van der Waals surface area contributed by atoms with E-state index < -0.39 is 10.8 Å². The maximum absolute atomic E-state index is 11.8. The van der Waals surface area contributed by atoms with Crippen LogP contribution in [0.25, 0.3) is 0 Å². The number of nitrogens with one attached hydrogen (secondary N) is 1. The molecule has 1 saturated carbocycles. The first kappa shape index (κ1) is 11.9. The number of carbonyl (C=O) groups is 1. The molecule has 5 nitrogen and oxygen atoms in total. The monoisotopic (exact) mass is 254 g/mol. The summed E-state index contributed by atoms with van der Waals surface area (Å²) in [4.78, 5) is 22.0. The lowest BCUT2D eigenvalue weighted by Crippen LogP contribution is -2.27. The highest BCUT2D eigenvalue weighted by molar-refractivity contribution is 6.31. The Bertz CT molecular complexity index is 490. The van der Waals surface area contributed by atoms with E-state index in [4.69, 9.17) is 11.6 Å². The largest absolute Gasteiger partial charge is 0.349 e. The third-order valence-electron chi connectivity index (χ3n) is 2.83. The molecule has 0 bridgehead atoms. The van der Waals surface area contributed by atoms with E-state index in [0.29, 0.717) is 10.9 Å². The van der Waals surface area contributed by atoms with Gasteiger partial charge in [0.1, 0.15) is 5.56 Å². The summed E-state index contributed by atoms with van der Waals surface area (Å²) in [7, 11) is 0. The average Bonchev–Trinajstić information content (AvgIpc) is 2.93. The van der Waals surface area contributed by atoms with Crippen LogP contribution in [0.3, 0.4) is 0 Å². The second-order valence-corrected chi connectivity index (χ2v) is 4.65. The molecule has 1 fully saturated rings. The highest BCUT2D eigenvalue weighted by Gasteiger charge is 2.35. The summed E-state index contributed by atoms with van der Waals surface area (Å²) in [5.41, 5.74) is -0.207. The number of nitro benzene ring substituents is 1. The summed E-state index contributed by atoms with van der Waals surface area (Å²) in [6.07, 6.45) is 0.917. The molecule has 1 aliphatic rings. The molecule has 1 aromatic rings. The molecule has 1 N–H and O–H groups in total. The molecule has 0 aromatic heterocycles. The van der Waals surface area contributed by atoms with E-state index in [2.05, 4.69) is 5.32 Å². The van der Waals surface area contributed by atoms with Crippen molar-refractivity contribution in [2.75, 3.05) is 0 Å². The van der Waals surface area contributed by atoms with E-state index in [1.807, 2.05) is 6.92 Å². The van der Waals surface area contributed by atoms with Crippen LogP contribution in [-0.4, -0.2) is 16.9 Å². The van der Waals surface area contributed by atoms with Crippen molar-refractivity contribution in [3.05, 3.63) is 38.9 Å². The predicted molar refractivity (Wildman–Crippen MR) is 63.1 cm³/mol. The molecule has 0 heterocycles. The van der Waals surface area contributed by atoms with Crippen LogP contribution < -0.4 is 5.32 Å². The van der Waals surface area contributed by atoms with Crippen LogP contribution >= 0.6 is 11.6 Å². The van der Waals surface area contributed by atoms with Crippen LogP contribution in [0, 0.1) is 16.0 Å².